The second kappa shape index (κ2) is 17.9. The first kappa shape index (κ1) is 44.5. The van der Waals surface area contributed by atoms with Gasteiger partial charge in [0.1, 0.15) is 0 Å². The molecule has 0 radical (unpaired) electrons. The van der Waals surface area contributed by atoms with Gasteiger partial charge < -0.3 is 13.7 Å². The molecule has 5 heterocycles. The Morgan fingerprint density at radius 3 is 1.49 bits per heavy atom. The van der Waals surface area contributed by atoms with E-state index in [-0.39, 0.29) is 0 Å². The third kappa shape index (κ3) is 7.01. The first-order valence-electron chi connectivity index (χ1n) is 27.4. The predicted octanol–water partition coefficient (Wildman–Crippen LogP) is 18.1. The van der Waals surface area contributed by atoms with Crippen molar-refractivity contribution in [3.05, 3.63) is 277 Å². The lowest BCUT2D eigenvalue weighted by atomic mass is 9.76. The molecule has 9 aromatic carbocycles. The quantitative estimate of drug-likeness (QED) is 0.152. The van der Waals surface area contributed by atoms with Gasteiger partial charge in [-0.1, -0.05) is 164 Å². The van der Waals surface area contributed by atoms with Crippen LogP contribution in [0.5, 0.6) is 0 Å². The molecule has 0 N–H and O–H groups in total. The summed E-state index contributed by atoms with van der Waals surface area (Å²) in [5.41, 5.74) is 24.1. The highest BCUT2D eigenvalue weighted by atomic mass is 15.0. The van der Waals surface area contributed by atoms with Crippen LogP contribution in [0.2, 0.25) is 0 Å². The van der Waals surface area contributed by atoms with Crippen LogP contribution in [0.15, 0.2) is 249 Å². The topological polar surface area (TPSA) is 40.6 Å². The summed E-state index contributed by atoms with van der Waals surface area (Å²) in [6, 6.07) is 88.8. The lowest BCUT2D eigenvalue weighted by molar-refractivity contribution is 0.673. The molecule has 5 heteroatoms. The van der Waals surface area contributed by atoms with Crippen LogP contribution in [0.3, 0.4) is 0 Å². The fourth-order valence-corrected chi connectivity index (χ4v) is 13.4. The number of hydrogen-bond acceptors (Lipinski definition) is 2. The van der Waals surface area contributed by atoms with Crippen LogP contribution in [-0.4, -0.2) is 23.7 Å². The summed E-state index contributed by atoms with van der Waals surface area (Å²) < 4.78 is 7.31. The van der Waals surface area contributed by atoms with Crippen LogP contribution >= 0.6 is 0 Å². The minimum atomic E-state index is 0.332. The first-order valence-corrected chi connectivity index (χ1v) is 27.4. The smallest absolute Gasteiger partial charge is 0.0893 e. The van der Waals surface area contributed by atoms with Gasteiger partial charge in [-0.2, -0.15) is 0 Å². The molecule has 2 aliphatic rings. The van der Waals surface area contributed by atoms with Crippen molar-refractivity contribution in [2.75, 3.05) is 0 Å². The average molecular weight is 998 g/mol. The molecule has 368 valence electrons. The summed E-state index contributed by atoms with van der Waals surface area (Å²) in [6.45, 7) is 0. The van der Waals surface area contributed by atoms with Crippen molar-refractivity contribution in [1.29, 1.82) is 0 Å². The van der Waals surface area contributed by atoms with Gasteiger partial charge in [-0.15, -0.1) is 0 Å². The number of aromatic nitrogens is 5. The summed E-state index contributed by atoms with van der Waals surface area (Å²) >= 11 is 0. The number of para-hydroxylation sites is 5. The summed E-state index contributed by atoms with van der Waals surface area (Å²) in [5.74, 6) is 0.332. The third-order valence-electron chi connectivity index (χ3n) is 16.8. The van der Waals surface area contributed by atoms with Crippen molar-refractivity contribution >= 4 is 60.6 Å². The van der Waals surface area contributed by atoms with Gasteiger partial charge in [-0.05, 0) is 156 Å². The predicted molar refractivity (Wildman–Crippen MR) is 323 cm³/mol. The van der Waals surface area contributed by atoms with Gasteiger partial charge in [-0.25, -0.2) is 9.97 Å². The SMILES string of the molecule is C1=Cc2c(c3ccccc3n2-c2ccc(-n3c4ccccc4c4ccccc43)c(-c3cccc(-c4cccc(-c5cc(CC6Cc7ccccc7-c7ccccc76)ccc5-n5c6ccccc6c6ccccc65)n4)n3)c2)CC1. The summed E-state index contributed by atoms with van der Waals surface area (Å²) in [4.78, 5) is 11.3. The van der Waals surface area contributed by atoms with E-state index in [0.717, 1.165) is 87.7 Å². The van der Waals surface area contributed by atoms with Gasteiger partial charge in [0.15, 0.2) is 0 Å². The Labute approximate surface area is 452 Å². The molecule has 0 aliphatic heterocycles. The zero-order chi connectivity index (χ0) is 51.3. The number of fused-ring (bicyclic) bond motifs is 12. The minimum Gasteiger partial charge on any atom is -0.310 e. The highest BCUT2D eigenvalue weighted by Gasteiger charge is 2.27. The fourth-order valence-electron chi connectivity index (χ4n) is 13.4. The van der Waals surface area contributed by atoms with Gasteiger partial charge in [-0.3, -0.25) is 0 Å². The summed E-state index contributed by atoms with van der Waals surface area (Å²) in [6.07, 6.45) is 8.59. The number of allylic oxidation sites excluding steroid dienone is 1. The molecule has 16 rings (SSSR count). The van der Waals surface area contributed by atoms with Gasteiger partial charge in [0, 0.05) is 49.4 Å². The van der Waals surface area contributed by atoms with Crippen molar-refractivity contribution in [1.82, 2.24) is 23.7 Å². The monoisotopic (exact) mass is 997 g/mol. The standard InChI is InChI=1S/C73H51N5/c1-2-20-51-48(19-1)45-49(52-21-3-4-22-53(51)52)43-47-39-41-72(77-68-35-13-7-25-56(68)57-26-8-14-36-69(57)77)60(44-47)62-29-17-31-64(74-62)65-32-18-30-63(75-65)61-46-50(76-66-33-11-5-23-54(66)55-24-6-12-34-67(55)76)40-42-73(61)78-70-37-15-9-27-58(70)59-28-10-16-38-71(59)78/h1-5,7-23,25-42,44,46,49H,6,24,43,45H2. The molecule has 0 spiro atoms. The second-order valence-corrected chi connectivity index (χ2v) is 21.1. The van der Waals surface area contributed by atoms with Crippen molar-refractivity contribution in [3.63, 3.8) is 0 Å². The number of aryl methyl sites for hydroxylation is 1. The minimum absolute atomic E-state index is 0.332. The molecule has 0 bridgehead atoms. The molecular formula is C73H51N5. The molecule has 0 amide bonds. The van der Waals surface area contributed by atoms with Gasteiger partial charge in [0.25, 0.3) is 0 Å². The Kier molecular flexibility index (Phi) is 10.2. The van der Waals surface area contributed by atoms with E-state index < -0.39 is 0 Å². The average Bonchev–Trinajstić information content (AvgIpc) is 4.24. The molecule has 2 aliphatic carbocycles. The van der Waals surface area contributed by atoms with Crippen molar-refractivity contribution in [2.24, 2.45) is 0 Å². The molecule has 5 aromatic heterocycles. The van der Waals surface area contributed by atoms with Crippen molar-refractivity contribution in [2.45, 2.75) is 31.6 Å². The largest absolute Gasteiger partial charge is 0.310 e. The van der Waals surface area contributed by atoms with Gasteiger partial charge >= 0.3 is 0 Å². The number of pyridine rings is 2. The van der Waals surface area contributed by atoms with E-state index >= 15 is 0 Å². The van der Waals surface area contributed by atoms with Crippen LogP contribution in [0.4, 0.5) is 0 Å². The van der Waals surface area contributed by atoms with Crippen LogP contribution in [0.25, 0.3) is 123 Å². The molecule has 5 nitrogen and oxygen atoms in total. The molecule has 1 atom stereocenters. The fraction of sp³-hybridized carbons (Fsp3) is 0.0685. The Morgan fingerprint density at radius 2 is 0.872 bits per heavy atom. The van der Waals surface area contributed by atoms with Gasteiger partial charge in [0.05, 0.1) is 61.7 Å². The highest BCUT2D eigenvalue weighted by Crippen LogP contribution is 2.44. The highest BCUT2D eigenvalue weighted by molar-refractivity contribution is 6.11. The summed E-state index contributed by atoms with van der Waals surface area (Å²) in [5, 5.41) is 6.22. The molecule has 0 saturated heterocycles. The van der Waals surface area contributed by atoms with E-state index in [4.69, 9.17) is 9.97 Å². The Morgan fingerprint density at radius 1 is 0.385 bits per heavy atom. The molecular weight excluding hydrogens is 947 g/mol. The van der Waals surface area contributed by atoms with E-state index in [1.165, 1.54) is 82.6 Å². The molecule has 0 saturated carbocycles. The van der Waals surface area contributed by atoms with Crippen molar-refractivity contribution in [3.8, 4) is 62.1 Å². The van der Waals surface area contributed by atoms with Crippen LogP contribution in [0.1, 0.15) is 40.3 Å². The maximum absolute atomic E-state index is 5.64. The number of nitrogens with zero attached hydrogens (tertiary/aromatic N) is 5. The Hall–Kier alpha value is -9.84. The maximum Gasteiger partial charge on any atom is 0.0893 e. The van der Waals surface area contributed by atoms with Crippen LogP contribution in [-0.2, 0) is 19.3 Å². The van der Waals surface area contributed by atoms with Gasteiger partial charge in [0.2, 0.25) is 0 Å². The number of benzene rings is 9. The zero-order valence-corrected chi connectivity index (χ0v) is 42.9. The van der Waals surface area contributed by atoms with E-state index in [2.05, 4.69) is 269 Å². The number of hydrogen-bond donors (Lipinski definition) is 0. The lowest BCUT2D eigenvalue weighted by Gasteiger charge is -2.28. The molecule has 0 fully saturated rings. The van der Waals surface area contributed by atoms with Crippen molar-refractivity contribution < 1.29 is 0 Å². The first-order chi connectivity index (χ1) is 38.7. The summed E-state index contributed by atoms with van der Waals surface area (Å²) in [7, 11) is 0. The normalized spacial score (nSPS) is 13.9. The van der Waals surface area contributed by atoms with E-state index in [0.29, 0.717) is 5.92 Å². The number of rotatable bonds is 8. The van der Waals surface area contributed by atoms with E-state index in [1.54, 1.807) is 0 Å². The molecule has 14 aromatic rings. The zero-order valence-electron chi connectivity index (χ0n) is 42.9. The van der Waals surface area contributed by atoms with Crippen LogP contribution < -0.4 is 0 Å². The second-order valence-electron chi connectivity index (χ2n) is 21.1. The Bertz CT molecular complexity index is 4660. The lowest BCUT2D eigenvalue weighted by Crippen LogP contribution is -2.14. The van der Waals surface area contributed by atoms with E-state index in [1.807, 2.05) is 0 Å². The maximum atomic E-state index is 5.64. The molecule has 1 unspecified atom stereocenters. The molecule has 78 heavy (non-hydrogen) atoms. The van der Waals surface area contributed by atoms with E-state index in [9.17, 15) is 0 Å². The third-order valence-corrected chi connectivity index (χ3v) is 16.8. The Balaban J connectivity index is 0.868. The van der Waals surface area contributed by atoms with Crippen LogP contribution in [0, 0.1) is 0 Å².